The molecular weight excluding hydrogens is 364 g/mol. The van der Waals surface area contributed by atoms with Crippen LogP contribution in [0.3, 0.4) is 0 Å². The summed E-state index contributed by atoms with van der Waals surface area (Å²) in [6.45, 7) is 4.86. The predicted molar refractivity (Wildman–Crippen MR) is 105 cm³/mol. The Morgan fingerprint density at radius 2 is 1.78 bits per heavy atom. The van der Waals surface area contributed by atoms with Crippen molar-refractivity contribution >= 4 is 17.6 Å². The lowest BCUT2D eigenvalue weighted by Crippen LogP contribution is -2.44. The van der Waals surface area contributed by atoms with Crippen molar-refractivity contribution in [3.8, 4) is 11.5 Å². The molecular formula is C22H29ClO4. The highest BCUT2D eigenvalue weighted by atomic mass is 35.5. The molecule has 3 aliphatic carbocycles. The van der Waals surface area contributed by atoms with Crippen LogP contribution in [0.15, 0.2) is 12.1 Å². The van der Waals surface area contributed by atoms with Crippen molar-refractivity contribution < 1.29 is 19.4 Å². The molecule has 1 aromatic carbocycles. The fourth-order valence-electron chi connectivity index (χ4n) is 5.28. The molecule has 1 aliphatic heterocycles. The van der Waals surface area contributed by atoms with Gasteiger partial charge in [-0.15, -0.1) is 0 Å². The monoisotopic (exact) mass is 392 g/mol. The lowest BCUT2D eigenvalue weighted by Gasteiger charge is -2.53. The minimum Gasteiger partial charge on any atom is -0.489 e. The molecule has 5 heteroatoms. The van der Waals surface area contributed by atoms with E-state index in [1.165, 1.54) is 0 Å². The van der Waals surface area contributed by atoms with Crippen LogP contribution < -0.4 is 9.47 Å². The molecule has 4 aliphatic rings. The van der Waals surface area contributed by atoms with Crippen molar-refractivity contribution in [1.29, 1.82) is 0 Å². The first-order valence-corrected chi connectivity index (χ1v) is 10.4. The number of carboxylic acid groups (broad SMARTS) is 1. The van der Waals surface area contributed by atoms with Crippen LogP contribution in [0.5, 0.6) is 11.5 Å². The summed E-state index contributed by atoms with van der Waals surface area (Å²) in [6.07, 6.45) is 8.72. The molecule has 27 heavy (non-hydrogen) atoms. The molecule has 1 N–H and O–H groups in total. The number of carboxylic acids is 1. The maximum Gasteiger partial charge on any atom is 0.303 e. The van der Waals surface area contributed by atoms with Crippen molar-refractivity contribution in [3.05, 3.63) is 22.7 Å². The molecule has 5 rings (SSSR count). The van der Waals surface area contributed by atoms with E-state index in [4.69, 9.17) is 26.2 Å². The summed E-state index contributed by atoms with van der Waals surface area (Å²) < 4.78 is 12.4. The number of hydrogen-bond acceptors (Lipinski definition) is 3. The third-order valence-electron chi connectivity index (χ3n) is 7.05. The van der Waals surface area contributed by atoms with Gasteiger partial charge < -0.3 is 14.6 Å². The number of rotatable bonds is 6. The van der Waals surface area contributed by atoms with E-state index in [-0.39, 0.29) is 16.4 Å². The molecule has 0 aromatic heterocycles. The minimum atomic E-state index is -0.673. The molecule has 1 aromatic rings. The molecule has 0 spiro atoms. The number of carbonyl (C=O) groups is 1. The van der Waals surface area contributed by atoms with Crippen molar-refractivity contribution in [2.45, 2.75) is 77.2 Å². The average molecular weight is 393 g/mol. The quantitative estimate of drug-likeness (QED) is 0.680. The minimum absolute atomic E-state index is 0.217. The van der Waals surface area contributed by atoms with Crippen LogP contribution in [-0.4, -0.2) is 23.3 Å². The Balaban J connectivity index is 1.42. The van der Waals surface area contributed by atoms with Crippen LogP contribution in [-0.2, 0) is 11.2 Å². The zero-order valence-electron chi connectivity index (χ0n) is 16.3. The van der Waals surface area contributed by atoms with Crippen molar-refractivity contribution in [1.82, 2.24) is 0 Å². The Morgan fingerprint density at radius 1 is 1.15 bits per heavy atom. The summed E-state index contributed by atoms with van der Waals surface area (Å²) in [6, 6.07) is 3.86. The van der Waals surface area contributed by atoms with Crippen LogP contribution in [0.1, 0.15) is 70.8 Å². The van der Waals surface area contributed by atoms with Gasteiger partial charge in [0.25, 0.3) is 0 Å². The number of ether oxygens (including phenoxy) is 2. The number of aliphatic carboxylic acids is 1. The Hall–Kier alpha value is -1.42. The summed E-state index contributed by atoms with van der Waals surface area (Å²) >= 11 is 6.31. The largest absolute Gasteiger partial charge is 0.489 e. The van der Waals surface area contributed by atoms with Crippen molar-refractivity contribution in [2.24, 2.45) is 10.8 Å². The third-order valence-corrected chi connectivity index (χ3v) is 7.27. The van der Waals surface area contributed by atoms with Crippen LogP contribution in [0.4, 0.5) is 0 Å². The predicted octanol–water partition coefficient (Wildman–Crippen LogP) is 5.64. The molecule has 3 fully saturated rings. The topological polar surface area (TPSA) is 55.8 Å². The standard InChI is InChI=1S/C22H29ClO4/c1-20(2)13-15-11-16(23)12-17(19(15)27-20)26-14-22-8-5-21(6-9-22,7-10-22)4-3-18(24)25/h11-12H,3-10,13-14H2,1-2H3,(H,24,25). The first-order valence-electron chi connectivity index (χ1n) is 10.1. The van der Waals surface area contributed by atoms with Gasteiger partial charge in [0.05, 0.1) is 6.61 Å². The summed E-state index contributed by atoms with van der Waals surface area (Å²) in [5.41, 5.74) is 1.38. The van der Waals surface area contributed by atoms with Gasteiger partial charge in [-0.05, 0) is 70.3 Å². The van der Waals surface area contributed by atoms with Crippen LogP contribution in [0.2, 0.25) is 5.02 Å². The fourth-order valence-corrected chi connectivity index (χ4v) is 5.51. The van der Waals surface area contributed by atoms with E-state index < -0.39 is 5.97 Å². The van der Waals surface area contributed by atoms with Gasteiger partial charge >= 0.3 is 5.97 Å². The SMILES string of the molecule is CC1(C)Cc2cc(Cl)cc(OCC34CCC(CCC(=O)O)(CC3)CC4)c2O1. The number of halogens is 1. The summed E-state index contributed by atoms with van der Waals surface area (Å²) in [4.78, 5) is 11.0. The van der Waals surface area contributed by atoms with E-state index in [0.29, 0.717) is 18.1 Å². The molecule has 0 atom stereocenters. The Morgan fingerprint density at radius 3 is 2.41 bits per heavy atom. The molecule has 0 saturated heterocycles. The van der Waals surface area contributed by atoms with E-state index >= 15 is 0 Å². The molecule has 3 saturated carbocycles. The van der Waals surface area contributed by atoms with E-state index in [0.717, 1.165) is 68.4 Å². The molecule has 0 radical (unpaired) electrons. The van der Waals surface area contributed by atoms with E-state index in [2.05, 4.69) is 13.8 Å². The Labute approximate surface area is 166 Å². The van der Waals surface area contributed by atoms with Gasteiger partial charge in [-0.1, -0.05) is 11.6 Å². The first-order chi connectivity index (χ1) is 12.7. The Bertz CT molecular complexity index is 730. The number of hydrogen-bond donors (Lipinski definition) is 1. The van der Waals surface area contributed by atoms with Gasteiger partial charge in [0.1, 0.15) is 5.60 Å². The van der Waals surface area contributed by atoms with E-state index in [1.807, 2.05) is 12.1 Å². The zero-order chi connectivity index (χ0) is 19.3. The molecule has 0 unspecified atom stereocenters. The molecule has 0 amide bonds. The van der Waals surface area contributed by atoms with E-state index in [1.54, 1.807) is 0 Å². The summed E-state index contributed by atoms with van der Waals surface area (Å²) in [5, 5.41) is 9.72. The van der Waals surface area contributed by atoms with Crippen LogP contribution >= 0.6 is 11.6 Å². The third kappa shape index (κ3) is 3.78. The smallest absolute Gasteiger partial charge is 0.303 e. The molecule has 4 nitrogen and oxygen atoms in total. The zero-order valence-corrected chi connectivity index (χ0v) is 17.0. The highest BCUT2D eigenvalue weighted by Gasteiger charge is 2.49. The first kappa shape index (κ1) is 18.9. The summed E-state index contributed by atoms with van der Waals surface area (Å²) in [7, 11) is 0. The molecule has 148 valence electrons. The van der Waals surface area contributed by atoms with Crippen LogP contribution in [0, 0.1) is 10.8 Å². The van der Waals surface area contributed by atoms with Crippen molar-refractivity contribution in [2.75, 3.05) is 6.61 Å². The lowest BCUT2D eigenvalue weighted by atomic mass is 9.53. The van der Waals surface area contributed by atoms with Gasteiger partial charge in [0.15, 0.2) is 11.5 Å². The number of benzene rings is 1. The highest BCUT2D eigenvalue weighted by Crippen LogP contribution is 2.59. The molecule has 2 bridgehead atoms. The van der Waals surface area contributed by atoms with Gasteiger partial charge in [0.2, 0.25) is 0 Å². The summed E-state index contributed by atoms with van der Waals surface area (Å²) in [5.74, 6) is 0.946. The van der Waals surface area contributed by atoms with E-state index in [9.17, 15) is 4.79 Å². The fraction of sp³-hybridized carbons (Fsp3) is 0.682. The van der Waals surface area contributed by atoms with Gasteiger partial charge in [-0.3, -0.25) is 4.79 Å². The van der Waals surface area contributed by atoms with Crippen LogP contribution in [0.25, 0.3) is 0 Å². The number of fused-ring (bicyclic) bond motifs is 4. The normalized spacial score (nSPS) is 30.6. The Kier molecular flexibility index (Phi) is 4.61. The van der Waals surface area contributed by atoms with Gasteiger partial charge in [-0.25, -0.2) is 0 Å². The second kappa shape index (κ2) is 6.58. The second-order valence-corrected chi connectivity index (χ2v) is 10.0. The maximum atomic E-state index is 11.0. The van der Waals surface area contributed by atoms with Crippen molar-refractivity contribution in [3.63, 3.8) is 0 Å². The lowest BCUT2D eigenvalue weighted by molar-refractivity contribution is -0.138. The average Bonchev–Trinajstić information content (AvgIpc) is 2.93. The van der Waals surface area contributed by atoms with Gasteiger partial charge in [0, 0.05) is 34.9 Å². The second-order valence-electron chi connectivity index (χ2n) is 9.61. The maximum absolute atomic E-state index is 11.0. The highest BCUT2D eigenvalue weighted by molar-refractivity contribution is 6.30. The molecule has 1 heterocycles. The van der Waals surface area contributed by atoms with Gasteiger partial charge in [-0.2, -0.15) is 0 Å².